The maximum atomic E-state index is 11.1. The zero-order valence-electron chi connectivity index (χ0n) is 16.8. The van der Waals surface area contributed by atoms with Crippen molar-refractivity contribution in [1.29, 1.82) is 0 Å². The first-order valence-electron chi connectivity index (χ1n) is 9.29. The van der Waals surface area contributed by atoms with Gasteiger partial charge in [0.1, 0.15) is 12.4 Å². The summed E-state index contributed by atoms with van der Waals surface area (Å²) in [5, 5.41) is 8.91. The lowest BCUT2D eigenvalue weighted by atomic mass is 10.0. The van der Waals surface area contributed by atoms with Gasteiger partial charge in [-0.1, -0.05) is 49.9 Å². The molecule has 0 aliphatic carbocycles. The van der Waals surface area contributed by atoms with Gasteiger partial charge in [-0.25, -0.2) is 4.68 Å². The Balaban J connectivity index is 1.64. The second-order valence-corrected chi connectivity index (χ2v) is 8.05. The highest BCUT2D eigenvalue weighted by molar-refractivity contribution is 7.98. The molecule has 8 heteroatoms. The lowest BCUT2D eigenvalue weighted by molar-refractivity contribution is 0.100. The van der Waals surface area contributed by atoms with Crippen molar-refractivity contribution in [2.45, 2.75) is 44.2 Å². The summed E-state index contributed by atoms with van der Waals surface area (Å²) in [7, 11) is 0. The maximum Gasteiger partial charge on any atom is 0.248 e. The minimum absolute atomic E-state index is 0.237. The van der Waals surface area contributed by atoms with Crippen molar-refractivity contribution >= 4 is 17.7 Å². The summed E-state index contributed by atoms with van der Waals surface area (Å²) in [6.45, 7) is 6.54. The van der Waals surface area contributed by atoms with Crippen molar-refractivity contribution in [2.24, 2.45) is 5.73 Å². The Bertz CT molecular complexity index is 999. The van der Waals surface area contributed by atoms with E-state index in [0.717, 1.165) is 22.4 Å². The van der Waals surface area contributed by atoms with Crippen LogP contribution < -0.4 is 16.3 Å². The smallest absolute Gasteiger partial charge is 0.248 e. The van der Waals surface area contributed by atoms with Gasteiger partial charge in [0.2, 0.25) is 11.1 Å². The molecule has 1 amide bonds. The number of hydrogen-bond donors (Lipinski definition) is 2. The molecule has 0 saturated carbocycles. The fourth-order valence-electron chi connectivity index (χ4n) is 2.80. The van der Waals surface area contributed by atoms with E-state index in [1.807, 2.05) is 25.1 Å². The number of nitrogen functional groups attached to an aromatic ring is 1. The van der Waals surface area contributed by atoms with Gasteiger partial charge in [-0.3, -0.25) is 4.79 Å². The van der Waals surface area contributed by atoms with E-state index in [4.69, 9.17) is 16.3 Å². The molecule has 2 aromatic carbocycles. The van der Waals surface area contributed by atoms with Crippen molar-refractivity contribution in [1.82, 2.24) is 14.9 Å². The van der Waals surface area contributed by atoms with Crippen LogP contribution in [-0.2, 0) is 12.4 Å². The Labute approximate surface area is 174 Å². The molecule has 0 spiro atoms. The number of rotatable bonds is 8. The van der Waals surface area contributed by atoms with Crippen molar-refractivity contribution in [3.05, 3.63) is 70.5 Å². The first-order valence-corrected chi connectivity index (χ1v) is 10.3. The summed E-state index contributed by atoms with van der Waals surface area (Å²) in [6.07, 6.45) is 0. The van der Waals surface area contributed by atoms with E-state index in [0.29, 0.717) is 28.2 Å². The Morgan fingerprint density at radius 3 is 2.55 bits per heavy atom. The minimum atomic E-state index is -0.440. The van der Waals surface area contributed by atoms with Crippen LogP contribution in [0.1, 0.15) is 52.6 Å². The molecule has 3 aromatic rings. The molecule has 152 valence electrons. The molecule has 0 atom stereocenters. The molecule has 0 aliphatic heterocycles. The standard InChI is InChI=1S/C21H25N5O2S/c1-13(2)17-9-4-14(3)10-18(17)28-11-19-24-25-21(26(19)23)29-12-15-5-7-16(8-6-15)20(22)27/h4-10,13H,11-12,23H2,1-3H3,(H2,22,27). The normalized spacial score (nSPS) is 11.0. The van der Waals surface area contributed by atoms with Gasteiger partial charge in [0.05, 0.1) is 0 Å². The van der Waals surface area contributed by atoms with Gasteiger partial charge in [-0.15, -0.1) is 10.2 Å². The summed E-state index contributed by atoms with van der Waals surface area (Å²) < 4.78 is 7.45. The molecule has 0 bridgehead atoms. The predicted molar refractivity (Wildman–Crippen MR) is 114 cm³/mol. The first-order chi connectivity index (χ1) is 13.8. The van der Waals surface area contributed by atoms with E-state index in [2.05, 4.69) is 36.2 Å². The number of nitrogens with two attached hydrogens (primary N) is 2. The number of primary amides is 1. The summed E-state index contributed by atoms with van der Waals surface area (Å²) >= 11 is 1.46. The minimum Gasteiger partial charge on any atom is -0.485 e. The van der Waals surface area contributed by atoms with Crippen molar-refractivity contribution in [3.63, 3.8) is 0 Å². The molecule has 0 unspecified atom stereocenters. The number of benzene rings is 2. The molecule has 7 nitrogen and oxygen atoms in total. The SMILES string of the molecule is Cc1ccc(C(C)C)c(OCc2nnc(SCc3ccc(C(N)=O)cc3)n2N)c1. The van der Waals surface area contributed by atoms with E-state index in [1.54, 1.807) is 12.1 Å². The number of amides is 1. The maximum absolute atomic E-state index is 11.1. The van der Waals surface area contributed by atoms with Crippen LogP contribution in [0.2, 0.25) is 0 Å². The highest BCUT2D eigenvalue weighted by atomic mass is 32.2. The van der Waals surface area contributed by atoms with Gasteiger partial charge in [0.25, 0.3) is 0 Å². The molecular formula is C21H25N5O2S. The van der Waals surface area contributed by atoms with Gasteiger partial charge in [-0.2, -0.15) is 0 Å². The second-order valence-electron chi connectivity index (χ2n) is 7.10. The number of ether oxygens (including phenoxy) is 1. The van der Waals surface area contributed by atoms with Gasteiger partial charge in [0.15, 0.2) is 5.82 Å². The largest absolute Gasteiger partial charge is 0.485 e. The third-order valence-corrected chi connectivity index (χ3v) is 5.50. The molecule has 0 fully saturated rings. The Kier molecular flexibility index (Phi) is 6.43. The first kappa shape index (κ1) is 20.7. The number of aromatic nitrogens is 3. The number of aryl methyl sites for hydroxylation is 1. The van der Waals surface area contributed by atoms with Crippen molar-refractivity contribution in [3.8, 4) is 5.75 Å². The third kappa shape index (κ3) is 5.08. The fourth-order valence-corrected chi connectivity index (χ4v) is 3.63. The number of hydrogen-bond acceptors (Lipinski definition) is 6. The molecule has 29 heavy (non-hydrogen) atoms. The fraction of sp³-hybridized carbons (Fsp3) is 0.286. The van der Waals surface area contributed by atoms with Crippen LogP contribution in [-0.4, -0.2) is 20.8 Å². The quantitative estimate of drug-likeness (QED) is 0.434. The Morgan fingerprint density at radius 2 is 1.90 bits per heavy atom. The van der Waals surface area contributed by atoms with E-state index < -0.39 is 5.91 Å². The molecule has 0 aliphatic rings. The van der Waals surface area contributed by atoms with Gasteiger partial charge < -0.3 is 16.3 Å². The molecule has 4 N–H and O–H groups in total. The number of nitrogens with zero attached hydrogens (tertiary/aromatic N) is 3. The van der Waals surface area contributed by atoms with Crippen LogP contribution >= 0.6 is 11.8 Å². The predicted octanol–water partition coefficient (Wildman–Crippen LogP) is 3.39. The van der Waals surface area contributed by atoms with Gasteiger partial charge in [-0.05, 0) is 47.7 Å². The monoisotopic (exact) mass is 411 g/mol. The molecular weight excluding hydrogens is 386 g/mol. The van der Waals surface area contributed by atoms with Crippen LogP contribution in [0.4, 0.5) is 0 Å². The second kappa shape index (κ2) is 9.00. The van der Waals surface area contributed by atoms with Crippen LogP contribution in [0.25, 0.3) is 0 Å². The van der Waals surface area contributed by atoms with E-state index in [1.165, 1.54) is 16.4 Å². The summed E-state index contributed by atoms with van der Waals surface area (Å²) in [4.78, 5) is 11.1. The van der Waals surface area contributed by atoms with Crippen molar-refractivity contribution in [2.75, 3.05) is 5.84 Å². The zero-order chi connectivity index (χ0) is 21.0. The molecule has 3 rings (SSSR count). The van der Waals surface area contributed by atoms with Gasteiger partial charge in [0, 0.05) is 11.3 Å². The Morgan fingerprint density at radius 1 is 1.17 bits per heavy atom. The molecule has 0 radical (unpaired) electrons. The average Bonchev–Trinajstić information content (AvgIpc) is 3.04. The summed E-state index contributed by atoms with van der Waals surface area (Å²) in [5.41, 5.74) is 9.06. The summed E-state index contributed by atoms with van der Waals surface area (Å²) in [5.74, 6) is 8.10. The lowest BCUT2D eigenvalue weighted by Crippen LogP contribution is -2.16. The zero-order valence-corrected chi connectivity index (χ0v) is 17.6. The van der Waals surface area contributed by atoms with Crippen LogP contribution in [0.5, 0.6) is 5.75 Å². The summed E-state index contributed by atoms with van der Waals surface area (Å²) in [6, 6.07) is 13.3. The van der Waals surface area contributed by atoms with E-state index in [-0.39, 0.29) is 6.61 Å². The molecule has 1 aromatic heterocycles. The molecule has 1 heterocycles. The highest BCUT2D eigenvalue weighted by Crippen LogP contribution is 2.28. The topological polar surface area (TPSA) is 109 Å². The number of thioether (sulfide) groups is 1. The average molecular weight is 412 g/mol. The molecule has 0 saturated heterocycles. The third-order valence-electron chi connectivity index (χ3n) is 4.49. The van der Waals surface area contributed by atoms with Crippen LogP contribution in [0.3, 0.4) is 0 Å². The van der Waals surface area contributed by atoms with E-state index in [9.17, 15) is 4.79 Å². The van der Waals surface area contributed by atoms with Gasteiger partial charge >= 0.3 is 0 Å². The van der Waals surface area contributed by atoms with E-state index >= 15 is 0 Å². The van der Waals surface area contributed by atoms with Crippen molar-refractivity contribution < 1.29 is 9.53 Å². The highest BCUT2D eigenvalue weighted by Gasteiger charge is 2.14. The lowest BCUT2D eigenvalue weighted by Gasteiger charge is -2.14. The van der Waals surface area contributed by atoms with Crippen LogP contribution in [0, 0.1) is 6.92 Å². The Hall–Kier alpha value is -3.00. The number of carbonyl (C=O) groups is 1. The number of carbonyl (C=O) groups excluding carboxylic acids is 1. The van der Waals surface area contributed by atoms with Crippen LogP contribution in [0.15, 0.2) is 47.6 Å².